The molecule has 0 aliphatic carbocycles. The molecule has 2 saturated heterocycles. The first kappa shape index (κ1) is 17.5. The second kappa shape index (κ2) is 7.30. The summed E-state index contributed by atoms with van der Waals surface area (Å²) in [6.45, 7) is 1.91. The van der Waals surface area contributed by atoms with E-state index in [-0.39, 0.29) is 17.9 Å². The Kier molecular flexibility index (Phi) is 5.33. The van der Waals surface area contributed by atoms with E-state index in [4.69, 9.17) is 28.9 Å². The van der Waals surface area contributed by atoms with Crippen LogP contribution < -0.4 is 5.73 Å². The maximum atomic E-state index is 12.8. The second-order valence-corrected chi connectivity index (χ2v) is 7.35. The minimum absolute atomic E-state index is 0.0286. The Bertz CT molecular complexity index is 624. The van der Waals surface area contributed by atoms with Crippen LogP contribution >= 0.6 is 23.2 Å². The fourth-order valence-electron chi connectivity index (χ4n) is 3.44. The molecule has 0 saturated carbocycles. The van der Waals surface area contributed by atoms with Crippen LogP contribution in [0.25, 0.3) is 0 Å². The number of halogens is 2. The largest absolute Gasteiger partial charge is 0.341 e. The van der Waals surface area contributed by atoms with Crippen LogP contribution in [-0.4, -0.2) is 53.3 Å². The third-order valence-electron chi connectivity index (χ3n) is 4.76. The number of rotatable bonds is 2. The van der Waals surface area contributed by atoms with Crippen molar-refractivity contribution in [2.45, 2.75) is 37.8 Å². The van der Waals surface area contributed by atoms with E-state index in [2.05, 4.69) is 0 Å². The van der Waals surface area contributed by atoms with E-state index in [0.29, 0.717) is 41.7 Å². The molecular weight excluding hydrogens is 349 g/mol. The highest BCUT2D eigenvalue weighted by Crippen LogP contribution is 2.26. The molecule has 2 heterocycles. The van der Waals surface area contributed by atoms with Crippen LogP contribution in [0.4, 0.5) is 0 Å². The Hall–Kier alpha value is -1.30. The Morgan fingerprint density at radius 2 is 1.62 bits per heavy atom. The molecule has 7 heteroatoms. The van der Waals surface area contributed by atoms with E-state index in [0.717, 1.165) is 19.3 Å². The van der Waals surface area contributed by atoms with Gasteiger partial charge >= 0.3 is 0 Å². The molecule has 2 N–H and O–H groups in total. The molecule has 1 aromatic rings. The van der Waals surface area contributed by atoms with Crippen molar-refractivity contribution >= 4 is 35.0 Å². The van der Waals surface area contributed by atoms with E-state index >= 15 is 0 Å². The molecule has 24 heavy (non-hydrogen) atoms. The quantitative estimate of drug-likeness (QED) is 0.870. The van der Waals surface area contributed by atoms with Gasteiger partial charge < -0.3 is 15.5 Å². The summed E-state index contributed by atoms with van der Waals surface area (Å²) in [6.07, 6.45) is 3.15. The number of nitrogens with two attached hydrogens (primary N) is 1. The molecule has 1 atom stereocenters. The third-order valence-corrected chi connectivity index (χ3v) is 5.20. The minimum Gasteiger partial charge on any atom is -0.341 e. The lowest BCUT2D eigenvalue weighted by molar-refractivity contribution is -0.136. The van der Waals surface area contributed by atoms with Crippen LogP contribution in [-0.2, 0) is 4.79 Å². The van der Waals surface area contributed by atoms with Gasteiger partial charge in [-0.25, -0.2) is 0 Å². The Morgan fingerprint density at radius 1 is 1.00 bits per heavy atom. The number of likely N-dealkylation sites (tertiary alicyclic amines) is 2. The Balaban J connectivity index is 1.75. The van der Waals surface area contributed by atoms with Crippen molar-refractivity contribution in [2.75, 3.05) is 19.6 Å². The smallest absolute Gasteiger partial charge is 0.254 e. The summed E-state index contributed by atoms with van der Waals surface area (Å²) in [4.78, 5) is 29.1. The van der Waals surface area contributed by atoms with Crippen molar-refractivity contribution in [1.29, 1.82) is 0 Å². The normalized spacial score (nSPS) is 22.0. The van der Waals surface area contributed by atoms with Crippen LogP contribution in [0.2, 0.25) is 10.0 Å². The van der Waals surface area contributed by atoms with E-state index < -0.39 is 6.04 Å². The van der Waals surface area contributed by atoms with Crippen molar-refractivity contribution in [2.24, 2.45) is 5.73 Å². The van der Waals surface area contributed by atoms with Crippen molar-refractivity contribution in [3.05, 3.63) is 33.8 Å². The SMILES string of the molecule is NC1CCN(C(=O)C2CCCN2C(=O)c2cc(Cl)cc(Cl)c2)CC1. The Morgan fingerprint density at radius 3 is 2.25 bits per heavy atom. The zero-order valence-electron chi connectivity index (χ0n) is 13.4. The standard InChI is InChI=1S/C17H21Cl2N3O2/c18-12-8-11(9-13(19)10-12)16(23)22-5-1-2-15(22)17(24)21-6-3-14(20)4-7-21/h8-10,14-15H,1-7,20H2. The van der Waals surface area contributed by atoms with Gasteiger partial charge in [-0.1, -0.05) is 23.2 Å². The molecule has 2 aliphatic rings. The van der Waals surface area contributed by atoms with Crippen LogP contribution in [0.15, 0.2) is 18.2 Å². The van der Waals surface area contributed by atoms with Gasteiger partial charge in [0, 0.05) is 41.3 Å². The average molecular weight is 370 g/mol. The predicted octanol–water partition coefficient (Wildman–Crippen LogP) is 2.55. The summed E-state index contributed by atoms with van der Waals surface area (Å²) in [7, 11) is 0. The molecule has 1 unspecified atom stereocenters. The number of carbonyl (C=O) groups excluding carboxylic acids is 2. The number of hydrogen-bond acceptors (Lipinski definition) is 3. The summed E-state index contributed by atoms with van der Waals surface area (Å²) >= 11 is 12.0. The van der Waals surface area contributed by atoms with Crippen LogP contribution in [0.1, 0.15) is 36.0 Å². The molecule has 2 amide bonds. The average Bonchev–Trinajstić information content (AvgIpc) is 3.02. The molecule has 0 aromatic heterocycles. The minimum atomic E-state index is -0.399. The van der Waals surface area contributed by atoms with E-state index in [1.54, 1.807) is 23.1 Å². The lowest BCUT2D eigenvalue weighted by atomic mass is 10.0. The maximum absolute atomic E-state index is 12.8. The third kappa shape index (κ3) is 3.68. The summed E-state index contributed by atoms with van der Waals surface area (Å²) in [6, 6.07) is 4.54. The second-order valence-electron chi connectivity index (χ2n) is 6.48. The van der Waals surface area contributed by atoms with Crippen molar-refractivity contribution in [3.8, 4) is 0 Å². The summed E-state index contributed by atoms with van der Waals surface area (Å²) in [5, 5.41) is 0.830. The first-order valence-electron chi connectivity index (χ1n) is 8.27. The van der Waals surface area contributed by atoms with Gasteiger partial charge in [0.25, 0.3) is 5.91 Å². The first-order chi connectivity index (χ1) is 11.5. The number of nitrogens with zero attached hydrogens (tertiary/aromatic N) is 2. The molecule has 2 aliphatic heterocycles. The van der Waals surface area contributed by atoms with E-state index in [1.165, 1.54) is 0 Å². The number of amides is 2. The van der Waals surface area contributed by atoms with Crippen LogP contribution in [0.5, 0.6) is 0 Å². The number of benzene rings is 1. The van der Waals surface area contributed by atoms with Gasteiger partial charge in [-0.15, -0.1) is 0 Å². The molecular formula is C17H21Cl2N3O2. The highest BCUT2D eigenvalue weighted by molar-refractivity contribution is 6.35. The number of piperidine rings is 1. The molecule has 0 radical (unpaired) electrons. The van der Waals surface area contributed by atoms with Crippen LogP contribution in [0.3, 0.4) is 0 Å². The predicted molar refractivity (Wildman–Crippen MR) is 94.3 cm³/mol. The Labute approximate surface area is 151 Å². The number of carbonyl (C=O) groups is 2. The lowest BCUT2D eigenvalue weighted by Crippen LogP contribution is -2.51. The van der Waals surface area contributed by atoms with Gasteiger partial charge in [0.2, 0.25) is 5.91 Å². The molecule has 1 aromatic carbocycles. The molecule has 5 nitrogen and oxygen atoms in total. The summed E-state index contributed by atoms with van der Waals surface area (Å²) in [5.74, 6) is -0.162. The molecule has 130 valence electrons. The molecule has 0 bridgehead atoms. The summed E-state index contributed by atoms with van der Waals surface area (Å²) < 4.78 is 0. The van der Waals surface area contributed by atoms with E-state index in [9.17, 15) is 9.59 Å². The topological polar surface area (TPSA) is 66.6 Å². The van der Waals surface area contributed by atoms with Gasteiger partial charge in [-0.2, -0.15) is 0 Å². The van der Waals surface area contributed by atoms with Gasteiger partial charge in [-0.3, -0.25) is 9.59 Å². The van der Waals surface area contributed by atoms with Gasteiger partial charge in [0.15, 0.2) is 0 Å². The molecule has 2 fully saturated rings. The fraction of sp³-hybridized carbons (Fsp3) is 0.529. The first-order valence-corrected chi connectivity index (χ1v) is 9.03. The fourth-order valence-corrected chi connectivity index (χ4v) is 3.97. The van der Waals surface area contributed by atoms with Crippen molar-refractivity contribution in [1.82, 2.24) is 9.80 Å². The van der Waals surface area contributed by atoms with Crippen molar-refractivity contribution in [3.63, 3.8) is 0 Å². The van der Waals surface area contributed by atoms with Crippen LogP contribution in [0, 0.1) is 0 Å². The molecule has 0 spiro atoms. The van der Waals surface area contributed by atoms with Gasteiger partial charge in [0.1, 0.15) is 6.04 Å². The lowest BCUT2D eigenvalue weighted by Gasteiger charge is -2.34. The van der Waals surface area contributed by atoms with Gasteiger partial charge in [-0.05, 0) is 43.9 Å². The molecule has 3 rings (SSSR count). The van der Waals surface area contributed by atoms with Gasteiger partial charge in [0.05, 0.1) is 0 Å². The monoisotopic (exact) mass is 369 g/mol. The maximum Gasteiger partial charge on any atom is 0.254 e. The van der Waals surface area contributed by atoms with Crippen molar-refractivity contribution < 1.29 is 9.59 Å². The zero-order chi connectivity index (χ0) is 17.3. The highest BCUT2D eigenvalue weighted by Gasteiger charge is 2.37. The zero-order valence-corrected chi connectivity index (χ0v) is 14.9. The van der Waals surface area contributed by atoms with E-state index in [1.807, 2.05) is 4.90 Å². The summed E-state index contributed by atoms with van der Waals surface area (Å²) in [5.41, 5.74) is 6.33. The highest BCUT2D eigenvalue weighted by atomic mass is 35.5. The number of hydrogen-bond donors (Lipinski definition) is 1.